The summed E-state index contributed by atoms with van der Waals surface area (Å²) in [4.78, 5) is 64.6. The topological polar surface area (TPSA) is 104 Å². The normalized spacial score (nSPS) is 10.5. The molecule has 0 unspecified atom stereocenters. The lowest BCUT2D eigenvalue weighted by molar-refractivity contribution is 0.0817. The molecule has 0 aliphatic heterocycles. The number of carbonyl (C=O) groups is 5. The molecule has 7 heteroatoms. The number of carbonyl (C=O) groups excluding carboxylic acids is 5. The van der Waals surface area contributed by atoms with E-state index in [9.17, 15) is 24.0 Å². The fourth-order valence-corrected chi connectivity index (χ4v) is 4.83. The summed E-state index contributed by atoms with van der Waals surface area (Å²) in [6, 6.07) is 42.5. The summed E-state index contributed by atoms with van der Waals surface area (Å²) < 4.78 is 11.5. The van der Waals surface area contributed by atoms with Gasteiger partial charge in [0.2, 0.25) is 23.1 Å². The van der Waals surface area contributed by atoms with Gasteiger partial charge in [-0.3, -0.25) is 24.0 Å². The molecule has 0 radical (unpaired) electrons. The molecular formula is C41H26O7. The van der Waals surface area contributed by atoms with Crippen LogP contribution in [0.25, 0.3) is 0 Å². The molecule has 0 saturated heterocycles. The lowest BCUT2D eigenvalue weighted by Crippen LogP contribution is -2.15. The van der Waals surface area contributed by atoms with E-state index in [1.54, 1.807) is 48.5 Å². The summed E-state index contributed by atoms with van der Waals surface area (Å²) in [5, 5.41) is 0. The van der Waals surface area contributed by atoms with E-state index in [-0.39, 0.29) is 39.2 Å². The van der Waals surface area contributed by atoms with Crippen molar-refractivity contribution in [3.05, 3.63) is 191 Å². The molecule has 6 aromatic carbocycles. The summed E-state index contributed by atoms with van der Waals surface area (Å²) in [6.45, 7) is 0. The van der Waals surface area contributed by atoms with E-state index in [1.165, 1.54) is 72.8 Å². The molecule has 0 atom stereocenters. The van der Waals surface area contributed by atoms with Gasteiger partial charge < -0.3 is 9.47 Å². The van der Waals surface area contributed by atoms with E-state index in [2.05, 4.69) is 0 Å². The first-order chi connectivity index (χ1) is 23.4. The quantitative estimate of drug-likeness (QED) is 0.0985. The van der Waals surface area contributed by atoms with Crippen LogP contribution in [0.2, 0.25) is 0 Å². The Hall–Kier alpha value is -6.73. The first-order valence-corrected chi connectivity index (χ1v) is 14.9. The highest BCUT2D eigenvalue weighted by molar-refractivity contribution is 6.49. The standard InChI is InChI=1S/C41H26O7/c42-37(27-11-15-29(16-12-27)38(43)40(45)31-19-23-35(24-20-31)47-33-7-3-1-4-8-33)28-13-17-30(18-14-28)39(44)41(46)32-21-25-36(26-22-32)48-34-9-5-2-6-10-34/h1-26H. The molecule has 0 fully saturated rings. The Kier molecular flexibility index (Phi) is 9.21. The molecule has 0 saturated carbocycles. The van der Waals surface area contributed by atoms with Crippen molar-refractivity contribution in [3.63, 3.8) is 0 Å². The highest BCUT2D eigenvalue weighted by Gasteiger charge is 2.21. The van der Waals surface area contributed by atoms with Crippen molar-refractivity contribution in [2.24, 2.45) is 0 Å². The molecule has 48 heavy (non-hydrogen) atoms. The smallest absolute Gasteiger partial charge is 0.233 e. The number of ether oxygens (including phenoxy) is 2. The number of Topliss-reactive ketones (excluding diaryl/α,β-unsaturated/α-hetero) is 4. The van der Waals surface area contributed by atoms with Gasteiger partial charge in [-0.25, -0.2) is 0 Å². The summed E-state index contributed by atoms with van der Waals surface area (Å²) in [5.41, 5.74) is 1.27. The van der Waals surface area contributed by atoms with Crippen LogP contribution >= 0.6 is 0 Å². The molecule has 0 aliphatic rings. The van der Waals surface area contributed by atoms with Gasteiger partial charge in [0.15, 0.2) is 5.78 Å². The van der Waals surface area contributed by atoms with Crippen LogP contribution in [-0.4, -0.2) is 28.9 Å². The molecule has 6 aromatic rings. The monoisotopic (exact) mass is 630 g/mol. The van der Waals surface area contributed by atoms with Gasteiger partial charge in [-0.2, -0.15) is 0 Å². The average Bonchev–Trinajstić information content (AvgIpc) is 3.15. The number of rotatable bonds is 12. The maximum absolute atomic E-state index is 13.1. The van der Waals surface area contributed by atoms with E-state index in [1.807, 2.05) is 36.4 Å². The SMILES string of the molecule is O=C(C(=O)c1ccc(C(=O)c2ccc(C(=O)C(=O)c3ccc(Oc4ccccc4)cc3)cc2)cc1)c1ccc(Oc2ccccc2)cc1. The van der Waals surface area contributed by atoms with Crippen LogP contribution in [-0.2, 0) is 0 Å². The maximum Gasteiger partial charge on any atom is 0.233 e. The van der Waals surface area contributed by atoms with E-state index in [0.29, 0.717) is 23.0 Å². The fraction of sp³-hybridized carbons (Fsp3) is 0. The summed E-state index contributed by atoms with van der Waals surface area (Å²) in [6.07, 6.45) is 0. The molecule has 0 N–H and O–H groups in total. The second-order valence-electron chi connectivity index (χ2n) is 10.7. The zero-order valence-electron chi connectivity index (χ0n) is 25.4. The van der Waals surface area contributed by atoms with Crippen LogP contribution in [0.1, 0.15) is 57.4 Å². The third-order valence-electron chi connectivity index (χ3n) is 7.42. The summed E-state index contributed by atoms with van der Waals surface area (Å²) in [7, 11) is 0. The van der Waals surface area contributed by atoms with Crippen LogP contribution in [0.5, 0.6) is 23.0 Å². The maximum atomic E-state index is 13.1. The van der Waals surface area contributed by atoms with Crippen LogP contribution in [0.3, 0.4) is 0 Å². The molecule has 0 aromatic heterocycles. The van der Waals surface area contributed by atoms with Crippen LogP contribution in [0.4, 0.5) is 0 Å². The predicted molar refractivity (Wildman–Crippen MR) is 180 cm³/mol. The number of hydrogen-bond acceptors (Lipinski definition) is 7. The molecule has 0 spiro atoms. The molecular weight excluding hydrogens is 604 g/mol. The molecule has 0 bridgehead atoms. The number of ketones is 5. The third-order valence-corrected chi connectivity index (χ3v) is 7.42. The lowest BCUT2D eigenvalue weighted by atomic mass is 9.96. The van der Waals surface area contributed by atoms with Gasteiger partial charge in [0.1, 0.15) is 23.0 Å². The van der Waals surface area contributed by atoms with Crippen molar-refractivity contribution in [1.82, 2.24) is 0 Å². The van der Waals surface area contributed by atoms with E-state index >= 15 is 0 Å². The summed E-state index contributed by atoms with van der Waals surface area (Å²) >= 11 is 0. The van der Waals surface area contributed by atoms with Gasteiger partial charge >= 0.3 is 0 Å². The largest absolute Gasteiger partial charge is 0.457 e. The molecule has 0 aliphatic carbocycles. The predicted octanol–water partition coefficient (Wildman–Crippen LogP) is 8.63. The van der Waals surface area contributed by atoms with Crippen molar-refractivity contribution in [2.45, 2.75) is 0 Å². The molecule has 0 heterocycles. The summed E-state index contributed by atoms with van der Waals surface area (Å²) in [5.74, 6) is -0.807. The molecule has 232 valence electrons. The zero-order chi connectivity index (χ0) is 33.5. The Morgan fingerprint density at radius 1 is 0.271 bits per heavy atom. The van der Waals surface area contributed by atoms with E-state index < -0.39 is 23.1 Å². The first kappa shape index (κ1) is 31.3. The van der Waals surface area contributed by atoms with Crippen molar-refractivity contribution < 1.29 is 33.4 Å². The minimum absolute atomic E-state index is 0.139. The van der Waals surface area contributed by atoms with Gasteiger partial charge in [0.25, 0.3) is 0 Å². The fourth-order valence-electron chi connectivity index (χ4n) is 4.83. The van der Waals surface area contributed by atoms with Gasteiger partial charge in [-0.15, -0.1) is 0 Å². The van der Waals surface area contributed by atoms with Gasteiger partial charge in [-0.05, 0) is 72.8 Å². The highest BCUT2D eigenvalue weighted by atomic mass is 16.5. The molecule has 6 rings (SSSR count). The minimum atomic E-state index is -0.711. The Morgan fingerprint density at radius 3 is 0.792 bits per heavy atom. The lowest BCUT2D eigenvalue weighted by Gasteiger charge is -2.07. The van der Waals surface area contributed by atoms with E-state index in [0.717, 1.165) is 0 Å². The first-order valence-electron chi connectivity index (χ1n) is 14.9. The number of hydrogen-bond donors (Lipinski definition) is 0. The van der Waals surface area contributed by atoms with Crippen LogP contribution in [0, 0.1) is 0 Å². The van der Waals surface area contributed by atoms with Crippen molar-refractivity contribution in [3.8, 4) is 23.0 Å². The van der Waals surface area contributed by atoms with Crippen LogP contribution in [0.15, 0.2) is 158 Å². The average molecular weight is 631 g/mol. The second kappa shape index (κ2) is 14.1. The second-order valence-corrected chi connectivity index (χ2v) is 10.7. The van der Waals surface area contributed by atoms with E-state index in [4.69, 9.17) is 9.47 Å². The third kappa shape index (κ3) is 7.22. The Balaban J connectivity index is 1.06. The zero-order valence-corrected chi connectivity index (χ0v) is 25.4. The highest BCUT2D eigenvalue weighted by Crippen LogP contribution is 2.23. The minimum Gasteiger partial charge on any atom is -0.457 e. The van der Waals surface area contributed by atoms with Crippen molar-refractivity contribution in [1.29, 1.82) is 0 Å². The Labute approximate surface area is 276 Å². The van der Waals surface area contributed by atoms with Gasteiger partial charge in [0, 0.05) is 33.4 Å². The number of para-hydroxylation sites is 2. The Bertz CT molecular complexity index is 1950. The van der Waals surface area contributed by atoms with Crippen molar-refractivity contribution >= 4 is 28.9 Å². The van der Waals surface area contributed by atoms with Gasteiger partial charge in [-0.1, -0.05) is 84.9 Å². The van der Waals surface area contributed by atoms with Gasteiger partial charge in [0.05, 0.1) is 0 Å². The van der Waals surface area contributed by atoms with Crippen molar-refractivity contribution in [2.75, 3.05) is 0 Å². The molecule has 7 nitrogen and oxygen atoms in total. The Morgan fingerprint density at radius 2 is 0.500 bits per heavy atom. The number of benzene rings is 6. The molecule has 0 amide bonds. The van der Waals surface area contributed by atoms with Crippen LogP contribution < -0.4 is 9.47 Å².